The van der Waals surface area contributed by atoms with E-state index in [2.05, 4.69) is 130 Å². The normalized spacial score (nSPS) is 11.7. The molecule has 0 unspecified atom stereocenters. The van der Waals surface area contributed by atoms with E-state index in [1.807, 2.05) is 30.3 Å². The average Bonchev–Trinajstić information content (AvgIpc) is 3.77. The Hall–Kier alpha value is -5.87. The quantitative estimate of drug-likeness (QED) is 0.218. The van der Waals surface area contributed by atoms with Crippen LogP contribution in [-0.4, -0.2) is 14.0 Å². The van der Waals surface area contributed by atoms with Crippen molar-refractivity contribution in [3.8, 4) is 39.5 Å². The maximum Gasteiger partial charge on any atom is 0.144 e. The molecule has 9 rings (SSSR count). The second kappa shape index (κ2) is 9.33. The summed E-state index contributed by atoms with van der Waals surface area (Å²) in [5.74, 6) is 0.881. The number of nitrogens with zero attached hydrogens (tertiary/aromatic N) is 3. The second-order valence-corrected chi connectivity index (χ2v) is 10.9. The van der Waals surface area contributed by atoms with E-state index in [0.29, 0.717) is 0 Å². The van der Waals surface area contributed by atoms with Crippen molar-refractivity contribution >= 4 is 38.4 Å². The van der Waals surface area contributed by atoms with Crippen molar-refractivity contribution < 1.29 is 4.42 Å². The van der Waals surface area contributed by atoms with Crippen molar-refractivity contribution in [2.45, 2.75) is 0 Å². The van der Waals surface area contributed by atoms with Crippen LogP contribution in [-0.2, 0) is 0 Å². The maximum atomic E-state index is 6.57. The molecule has 0 bridgehead atoms. The highest BCUT2D eigenvalue weighted by Gasteiger charge is 2.19. The van der Waals surface area contributed by atoms with Crippen LogP contribution in [0.1, 0.15) is 0 Å². The van der Waals surface area contributed by atoms with E-state index in [0.717, 1.165) is 72.6 Å². The molecule has 0 atom stereocenters. The van der Waals surface area contributed by atoms with Crippen LogP contribution in [0, 0.1) is 0 Å². The lowest BCUT2D eigenvalue weighted by atomic mass is 10.0. The summed E-state index contributed by atoms with van der Waals surface area (Å²) >= 11 is 0. The van der Waals surface area contributed by atoms with Crippen molar-refractivity contribution in [3.05, 3.63) is 152 Å². The van der Waals surface area contributed by atoms with Crippen LogP contribution in [0.4, 0.5) is 0 Å². The Balaban J connectivity index is 1.23. The zero-order valence-electron chi connectivity index (χ0n) is 23.2. The molecule has 4 heterocycles. The number of imidazole rings is 1. The summed E-state index contributed by atoms with van der Waals surface area (Å²) in [6.07, 6.45) is 2.09. The molecule has 0 aliphatic carbocycles. The third kappa shape index (κ3) is 3.67. The first kappa shape index (κ1) is 23.8. The standard InChI is InChI=1S/C39H25N3O/c1-3-11-26(12-4-1)34-25-29-20-23-33-36(39(29)43-34)31-15-7-8-16-32(31)42(33)30-21-18-28(19-22-30)38-37(27-13-5-2-6-14-27)40-35-17-9-10-24-41(35)38/h1-25H. The fourth-order valence-electron chi connectivity index (χ4n) is 6.41. The van der Waals surface area contributed by atoms with Gasteiger partial charge < -0.3 is 8.98 Å². The lowest BCUT2D eigenvalue weighted by Gasteiger charge is -2.10. The van der Waals surface area contributed by atoms with E-state index in [4.69, 9.17) is 9.40 Å². The number of aromatic nitrogens is 3. The minimum atomic E-state index is 0.881. The first-order chi connectivity index (χ1) is 21.3. The molecule has 4 nitrogen and oxygen atoms in total. The first-order valence-electron chi connectivity index (χ1n) is 14.5. The van der Waals surface area contributed by atoms with Crippen LogP contribution in [0.25, 0.3) is 77.9 Å². The molecule has 43 heavy (non-hydrogen) atoms. The Morgan fingerprint density at radius 2 is 1.28 bits per heavy atom. The highest BCUT2D eigenvalue weighted by Crippen LogP contribution is 2.40. The highest BCUT2D eigenvalue weighted by atomic mass is 16.3. The Kier molecular flexibility index (Phi) is 5.16. The number of pyridine rings is 1. The van der Waals surface area contributed by atoms with Gasteiger partial charge in [0.05, 0.1) is 27.8 Å². The van der Waals surface area contributed by atoms with Gasteiger partial charge in [0.15, 0.2) is 0 Å². The van der Waals surface area contributed by atoms with Crippen LogP contribution in [0.5, 0.6) is 0 Å². The zero-order chi connectivity index (χ0) is 28.3. The number of rotatable bonds is 4. The fraction of sp³-hybridized carbons (Fsp3) is 0. The molecule has 5 aromatic carbocycles. The van der Waals surface area contributed by atoms with Crippen LogP contribution < -0.4 is 0 Å². The van der Waals surface area contributed by atoms with Gasteiger partial charge in [-0.2, -0.15) is 0 Å². The largest absolute Gasteiger partial charge is 0.455 e. The van der Waals surface area contributed by atoms with Crippen molar-refractivity contribution in [2.75, 3.05) is 0 Å². The number of furan rings is 1. The molecular formula is C39H25N3O. The Labute approximate surface area is 247 Å². The molecule has 0 radical (unpaired) electrons. The van der Waals surface area contributed by atoms with Gasteiger partial charge in [-0.05, 0) is 48.5 Å². The second-order valence-electron chi connectivity index (χ2n) is 10.9. The van der Waals surface area contributed by atoms with Gasteiger partial charge in [-0.15, -0.1) is 0 Å². The van der Waals surface area contributed by atoms with Crippen LogP contribution in [0.2, 0.25) is 0 Å². The van der Waals surface area contributed by atoms with E-state index >= 15 is 0 Å². The minimum absolute atomic E-state index is 0.881. The van der Waals surface area contributed by atoms with Gasteiger partial charge in [0.25, 0.3) is 0 Å². The monoisotopic (exact) mass is 551 g/mol. The maximum absolute atomic E-state index is 6.57. The van der Waals surface area contributed by atoms with Gasteiger partial charge in [-0.3, -0.25) is 4.40 Å². The minimum Gasteiger partial charge on any atom is -0.455 e. The molecule has 0 aliphatic rings. The van der Waals surface area contributed by atoms with Crippen molar-refractivity contribution in [3.63, 3.8) is 0 Å². The zero-order valence-corrected chi connectivity index (χ0v) is 23.2. The molecule has 4 heteroatoms. The molecule has 0 saturated heterocycles. The molecule has 9 aromatic rings. The summed E-state index contributed by atoms with van der Waals surface area (Å²) in [4.78, 5) is 5.01. The van der Waals surface area contributed by atoms with E-state index in [1.165, 1.54) is 5.39 Å². The lowest BCUT2D eigenvalue weighted by molar-refractivity contribution is 0.635. The first-order valence-corrected chi connectivity index (χ1v) is 14.5. The Morgan fingerprint density at radius 3 is 2.09 bits per heavy atom. The summed E-state index contributed by atoms with van der Waals surface area (Å²) < 4.78 is 11.1. The molecule has 0 amide bonds. The number of fused-ring (bicyclic) bond motifs is 6. The molecule has 202 valence electrons. The van der Waals surface area contributed by atoms with E-state index in [-0.39, 0.29) is 0 Å². The van der Waals surface area contributed by atoms with Gasteiger partial charge in [0, 0.05) is 39.3 Å². The summed E-state index contributed by atoms with van der Waals surface area (Å²) in [5, 5.41) is 3.41. The van der Waals surface area contributed by atoms with Gasteiger partial charge in [0.1, 0.15) is 17.0 Å². The smallest absolute Gasteiger partial charge is 0.144 e. The van der Waals surface area contributed by atoms with Gasteiger partial charge in [-0.1, -0.05) is 97.1 Å². The summed E-state index contributed by atoms with van der Waals surface area (Å²) in [6.45, 7) is 0. The number of hydrogen-bond donors (Lipinski definition) is 0. The van der Waals surface area contributed by atoms with Crippen molar-refractivity contribution in [1.82, 2.24) is 14.0 Å². The van der Waals surface area contributed by atoms with Crippen molar-refractivity contribution in [2.24, 2.45) is 0 Å². The topological polar surface area (TPSA) is 35.4 Å². The fourth-order valence-corrected chi connectivity index (χ4v) is 6.41. The number of benzene rings is 5. The molecule has 0 aliphatic heterocycles. The molecule has 0 spiro atoms. The van der Waals surface area contributed by atoms with Gasteiger partial charge in [-0.25, -0.2) is 4.98 Å². The molecular weight excluding hydrogens is 526 g/mol. The molecule has 0 saturated carbocycles. The highest BCUT2D eigenvalue weighted by molar-refractivity contribution is 6.20. The Morgan fingerprint density at radius 1 is 0.558 bits per heavy atom. The predicted octanol–water partition coefficient (Wildman–Crippen LogP) is 10.2. The van der Waals surface area contributed by atoms with E-state index in [1.54, 1.807) is 0 Å². The predicted molar refractivity (Wildman–Crippen MR) is 176 cm³/mol. The summed E-state index contributed by atoms with van der Waals surface area (Å²) in [5.41, 5.74) is 10.6. The third-order valence-corrected chi connectivity index (χ3v) is 8.35. The lowest BCUT2D eigenvalue weighted by Crippen LogP contribution is -1.95. The van der Waals surface area contributed by atoms with Crippen molar-refractivity contribution in [1.29, 1.82) is 0 Å². The van der Waals surface area contributed by atoms with Crippen LogP contribution >= 0.6 is 0 Å². The number of hydrogen-bond acceptors (Lipinski definition) is 2. The summed E-state index contributed by atoms with van der Waals surface area (Å²) in [6, 6.07) is 50.8. The molecule has 4 aromatic heterocycles. The SMILES string of the molecule is c1ccc(-c2cc3ccc4c(c5ccccc5n4-c4ccc(-c5c(-c6ccccc6)nc6ccccn56)cc4)c3o2)cc1. The Bertz CT molecular complexity index is 2430. The summed E-state index contributed by atoms with van der Waals surface area (Å²) in [7, 11) is 0. The molecule has 0 N–H and O–H groups in total. The van der Waals surface area contributed by atoms with Gasteiger partial charge in [0.2, 0.25) is 0 Å². The third-order valence-electron chi connectivity index (χ3n) is 8.35. The van der Waals surface area contributed by atoms with E-state index in [9.17, 15) is 0 Å². The van der Waals surface area contributed by atoms with Crippen LogP contribution in [0.3, 0.4) is 0 Å². The average molecular weight is 552 g/mol. The molecule has 0 fully saturated rings. The number of para-hydroxylation sites is 1. The van der Waals surface area contributed by atoms with E-state index < -0.39 is 0 Å². The van der Waals surface area contributed by atoms with Gasteiger partial charge >= 0.3 is 0 Å². The van der Waals surface area contributed by atoms with Crippen LogP contribution in [0.15, 0.2) is 156 Å².